The highest BCUT2D eigenvalue weighted by atomic mass is 32.2. The second-order valence-electron chi connectivity index (χ2n) is 7.44. The monoisotopic (exact) mass is 426 g/mol. The van der Waals surface area contributed by atoms with Crippen molar-refractivity contribution in [1.82, 2.24) is 14.5 Å². The third kappa shape index (κ3) is 4.06. The van der Waals surface area contributed by atoms with Crippen molar-refractivity contribution in [3.8, 4) is 11.3 Å². The predicted octanol–water partition coefficient (Wildman–Crippen LogP) is 3.41. The smallest absolute Gasteiger partial charge is 0.243 e. The molecule has 0 atom stereocenters. The van der Waals surface area contributed by atoms with Crippen molar-refractivity contribution in [2.24, 2.45) is 0 Å². The van der Waals surface area contributed by atoms with Gasteiger partial charge in [0.25, 0.3) is 0 Å². The average molecular weight is 427 g/mol. The number of anilines is 1. The first-order valence-corrected chi connectivity index (χ1v) is 11.2. The highest BCUT2D eigenvalue weighted by Crippen LogP contribution is 2.24. The van der Waals surface area contributed by atoms with Crippen LogP contribution in [0.3, 0.4) is 0 Å². The van der Waals surface area contributed by atoms with Gasteiger partial charge < -0.3 is 4.90 Å². The Morgan fingerprint density at radius 3 is 2.17 bits per heavy atom. The van der Waals surface area contributed by atoms with E-state index >= 15 is 0 Å². The number of aromatic nitrogens is 2. The SMILES string of the molecule is Cc1ccc(-c2ccc(N3CCN(S(=O)(=O)c4ccc(F)cc4)CC3)nn2)c(C)c1. The molecule has 2 heterocycles. The Morgan fingerprint density at radius 1 is 0.867 bits per heavy atom. The zero-order valence-electron chi connectivity index (χ0n) is 16.9. The summed E-state index contributed by atoms with van der Waals surface area (Å²) >= 11 is 0. The molecule has 1 aromatic heterocycles. The lowest BCUT2D eigenvalue weighted by molar-refractivity contribution is 0.383. The molecule has 1 fully saturated rings. The highest BCUT2D eigenvalue weighted by molar-refractivity contribution is 7.89. The zero-order valence-corrected chi connectivity index (χ0v) is 17.7. The van der Waals surface area contributed by atoms with Crippen molar-refractivity contribution in [2.75, 3.05) is 31.1 Å². The molecule has 156 valence electrons. The van der Waals surface area contributed by atoms with Crippen LogP contribution in [-0.2, 0) is 10.0 Å². The van der Waals surface area contributed by atoms with E-state index in [2.05, 4.69) is 36.2 Å². The van der Waals surface area contributed by atoms with Gasteiger partial charge in [0.2, 0.25) is 10.0 Å². The first kappa shape index (κ1) is 20.4. The Balaban J connectivity index is 1.44. The Kier molecular flexibility index (Phi) is 5.53. The molecule has 6 nitrogen and oxygen atoms in total. The summed E-state index contributed by atoms with van der Waals surface area (Å²) in [7, 11) is -3.63. The maximum atomic E-state index is 13.1. The van der Waals surface area contributed by atoms with Crippen molar-refractivity contribution in [2.45, 2.75) is 18.7 Å². The van der Waals surface area contributed by atoms with Gasteiger partial charge in [-0.25, -0.2) is 12.8 Å². The first-order chi connectivity index (χ1) is 14.3. The van der Waals surface area contributed by atoms with Gasteiger partial charge in [0.15, 0.2) is 5.82 Å². The number of piperazine rings is 1. The Hall–Kier alpha value is -2.84. The highest BCUT2D eigenvalue weighted by Gasteiger charge is 2.29. The molecule has 0 amide bonds. The van der Waals surface area contributed by atoms with Crippen LogP contribution in [0.4, 0.5) is 10.2 Å². The maximum Gasteiger partial charge on any atom is 0.243 e. The van der Waals surface area contributed by atoms with Crippen LogP contribution in [0.15, 0.2) is 59.5 Å². The van der Waals surface area contributed by atoms with Gasteiger partial charge in [0, 0.05) is 31.7 Å². The molecule has 30 heavy (non-hydrogen) atoms. The number of halogens is 1. The molecular formula is C22H23FN4O2S. The second-order valence-corrected chi connectivity index (χ2v) is 9.38. The van der Waals surface area contributed by atoms with Gasteiger partial charge in [-0.2, -0.15) is 4.31 Å². The third-order valence-electron chi connectivity index (χ3n) is 5.32. The molecule has 4 rings (SSSR count). The summed E-state index contributed by atoms with van der Waals surface area (Å²) in [5.41, 5.74) is 4.22. The van der Waals surface area contributed by atoms with Crippen molar-refractivity contribution >= 4 is 15.8 Å². The number of hydrogen-bond donors (Lipinski definition) is 0. The van der Waals surface area contributed by atoms with E-state index in [-0.39, 0.29) is 4.90 Å². The van der Waals surface area contributed by atoms with Crippen LogP contribution < -0.4 is 4.90 Å². The molecule has 1 aliphatic rings. The molecule has 8 heteroatoms. The number of aryl methyl sites for hydroxylation is 2. The number of benzene rings is 2. The van der Waals surface area contributed by atoms with Crippen LogP contribution in [0.2, 0.25) is 0 Å². The van der Waals surface area contributed by atoms with E-state index in [4.69, 9.17) is 0 Å². The Morgan fingerprint density at radius 2 is 1.57 bits per heavy atom. The molecule has 0 aliphatic carbocycles. The lowest BCUT2D eigenvalue weighted by Crippen LogP contribution is -2.49. The van der Waals surface area contributed by atoms with Gasteiger partial charge in [-0.3, -0.25) is 0 Å². The fourth-order valence-electron chi connectivity index (χ4n) is 3.65. The summed E-state index contributed by atoms with van der Waals surface area (Å²) in [6.07, 6.45) is 0. The molecular weight excluding hydrogens is 403 g/mol. The number of rotatable bonds is 4. The minimum absolute atomic E-state index is 0.106. The first-order valence-electron chi connectivity index (χ1n) is 9.76. The van der Waals surface area contributed by atoms with Crippen LogP contribution >= 0.6 is 0 Å². The van der Waals surface area contributed by atoms with Gasteiger partial charge in [0.05, 0.1) is 10.6 Å². The van der Waals surface area contributed by atoms with E-state index in [0.29, 0.717) is 26.2 Å². The van der Waals surface area contributed by atoms with E-state index < -0.39 is 15.8 Å². The molecule has 1 saturated heterocycles. The summed E-state index contributed by atoms with van der Waals surface area (Å²) in [5.74, 6) is 0.268. The average Bonchev–Trinajstić information content (AvgIpc) is 2.74. The van der Waals surface area contributed by atoms with Crippen molar-refractivity contribution in [1.29, 1.82) is 0 Å². The van der Waals surface area contributed by atoms with Crippen LogP contribution in [0, 0.1) is 19.7 Å². The van der Waals surface area contributed by atoms with Crippen molar-refractivity contribution < 1.29 is 12.8 Å². The second kappa shape index (κ2) is 8.12. The van der Waals surface area contributed by atoms with Crippen molar-refractivity contribution in [3.63, 3.8) is 0 Å². The Bertz CT molecular complexity index is 1140. The largest absolute Gasteiger partial charge is 0.352 e. The predicted molar refractivity (Wildman–Crippen MR) is 114 cm³/mol. The van der Waals surface area contributed by atoms with Crippen LogP contribution in [0.5, 0.6) is 0 Å². The van der Waals surface area contributed by atoms with E-state index in [0.717, 1.165) is 34.8 Å². The summed E-state index contributed by atoms with van der Waals surface area (Å²) in [6.45, 7) is 5.80. The molecule has 3 aromatic rings. The summed E-state index contributed by atoms with van der Waals surface area (Å²) < 4.78 is 40.0. The minimum atomic E-state index is -3.63. The Labute approximate surface area is 176 Å². The standard InChI is InChI=1S/C22H23FN4O2S/c1-16-3-8-20(17(2)15-16)21-9-10-22(25-24-21)26-11-13-27(14-12-26)30(28,29)19-6-4-18(23)5-7-19/h3-10,15H,11-14H2,1-2H3. The lowest BCUT2D eigenvalue weighted by Gasteiger charge is -2.34. The van der Waals surface area contributed by atoms with Crippen LogP contribution in [-0.4, -0.2) is 49.1 Å². The minimum Gasteiger partial charge on any atom is -0.352 e. The van der Waals surface area contributed by atoms with E-state index in [9.17, 15) is 12.8 Å². The van der Waals surface area contributed by atoms with Gasteiger partial charge >= 0.3 is 0 Å². The van der Waals surface area contributed by atoms with Gasteiger partial charge in [-0.05, 0) is 55.8 Å². The number of hydrogen-bond acceptors (Lipinski definition) is 5. The maximum absolute atomic E-state index is 13.1. The molecule has 0 unspecified atom stereocenters. The zero-order chi connectivity index (χ0) is 21.3. The van der Waals surface area contributed by atoms with Crippen molar-refractivity contribution in [3.05, 3.63) is 71.5 Å². The van der Waals surface area contributed by atoms with Crippen LogP contribution in [0.25, 0.3) is 11.3 Å². The fraction of sp³-hybridized carbons (Fsp3) is 0.273. The summed E-state index contributed by atoms with van der Waals surface area (Å²) in [5, 5.41) is 8.74. The van der Waals surface area contributed by atoms with Crippen LogP contribution in [0.1, 0.15) is 11.1 Å². The van der Waals surface area contributed by atoms with Gasteiger partial charge in [-0.15, -0.1) is 10.2 Å². The van der Waals surface area contributed by atoms with E-state index in [1.54, 1.807) is 0 Å². The van der Waals surface area contributed by atoms with Gasteiger partial charge in [0.1, 0.15) is 5.82 Å². The topological polar surface area (TPSA) is 66.4 Å². The molecule has 0 bridgehead atoms. The van der Waals surface area contributed by atoms with E-state index in [1.165, 1.54) is 22.0 Å². The molecule has 0 radical (unpaired) electrons. The molecule has 0 N–H and O–H groups in total. The van der Waals surface area contributed by atoms with Gasteiger partial charge in [-0.1, -0.05) is 23.8 Å². The summed E-state index contributed by atoms with van der Waals surface area (Å²) in [4.78, 5) is 2.13. The normalized spacial score (nSPS) is 15.4. The number of sulfonamides is 1. The van der Waals surface area contributed by atoms with E-state index in [1.807, 2.05) is 23.1 Å². The number of nitrogens with zero attached hydrogens (tertiary/aromatic N) is 4. The molecule has 0 saturated carbocycles. The molecule has 2 aromatic carbocycles. The molecule has 1 aliphatic heterocycles. The fourth-order valence-corrected chi connectivity index (χ4v) is 5.07. The quantitative estimate of drug-likeness (QED) is 0.640. The third-order valence-corrected chi connectivity index (χ3v) is 7.24. The molecule has 0 spiro atoms. The summed E-state index contributed by atoms with van der Waals surface area (Å²) in [6, 6.07) is 15.0. The lowest BCUT2D eigenvalue weighted by atomic mass is 10.0.